The van der Waals surface area contributed by atoms with Crippen molar-refractivity contribution in [3.63, 3.8) is 0 Å². The number of guanidine groups is 1. The number of aliphatic imine (C=N–C) groups is 1. The van der Waals surface area contributed by atoms with E-state index in [9.17, 15) is 0 Å². The van der Waals surface area contributed by atoms with Gasteiger partial charge in [0.1, 0.15) is 5.82 Å². The van der Waals surface area contributed by atoms with Gasteiger partial charge in [-0.05, 0) is 30.7 Å². The molecule has 0 aromatic carbocycles. The molecule has 0 spiro atoms. The van der Waals surface area contributed by atoms with Crippen LogP contribution in [0.1, 0.15) is 18.9 Å². The average Bonchev–Trinajstić information content (AvgIpc) is 3.27. The quantitative estimate of drug-likeness (QED) is 0.404. The zero-order chi connectivity index (χ0) is 19.6. The highest BCUT2D eigenvalue weighted by Crippen LogP contribution is 2.14. The number of nitrogens with zero attached hydrogens (tertiary/aromatic N) is 6. The minimum atomic E-state index is 0.704. The Morgan fingerprint density at radius 3 is 2.68 bits per heavy atom. The molecule has 2 aromatic heterocycles. The third kappa shape index (κ3) is 5.95. The maximum atomic E-state index is 4.66. The van der Waals surface area contributed by atoms with E-state index in [2.05, 4.69) is 54.6 Å². The predicted molar refractivity (Wildman–Crippen MR) is 114 cm³/mol. The minimum absolute atomic E-state index is 0.704. The molecule has 0 radical (unpaired) electrons. The molecule has 152 valence electrons. The van der Waals surface area contributed by atoms with Crippen molar-refractivity contribution >= 4 is 11.8 Å². The fraction of sp³-hybridized carbons (Fsp3) is 0.550. The second kappa shape index (κ2) is 10.7. The lowest BCUT2D eigenvalue weighted by Crippen LogP contribution is -2.46. The number of hydrogen-bond acceptors (Lipinski definition) is 5. The molecule has 0 bridgehead atoms. The minimum Gasteiger partial charge on any atom is -0.356 e. The van der Waals surface area contributed by atoms with E-state index in [1.165, 1.54) is 0 Å². The second-order valence-corrected chi connectivity index (χ2v) is 6.92. The lowest BCUT2D eigenvalue weighted by atomic mass is 10.2. The van der Waals surface area contributed by atoms with Gasteiger partial charge in [0, 0.05) is 71.5 Å². The molecule has 0 unspecified atom stereocenters. The highest BCUT2D eigenvalue weighted by molar-refractivity contribution is 5.79. The van der Waals surface area contributed by atoms with Gasteiger partial charge in [-0.25, -0.2) is 4.98 Å². The van der Waals surface area contributed by atoms with E-state index >= 15 is 0 Å². The van der Waals surface area contributed by atoms with Crippen LogP contribution in [0, 0.1) is 0 Å². The first-order valence-corrected chi connectivity index (χ1v) is 10.1. The second-order valence-electron chi connectivity index (χ2n) is 6.92. The predicted octanol–water partition coefficient (Wildman–Crippen LogP) is 1.18. The summed E-state index contributed by atoms with van der Waals surface area (Å²) in [4.78, 5) is 13.8. The smallest absolute Gasteiger partial charge is 0.191 e. The Kier molecular flexibility index (Phi) is 7.66. The molecular weight excluding hydrogens is 352 g/mol. The highest BCUT2D eigenvalue weighted by atomic mass is 15.3. The molecule has 0 aliphatic carbocycles. The molecule has 0 atom stereocenters. The monoisotopic (exact) mass is 384 g/mol. The molecule has 2 aromatic rings. The van der Waals surface area contributed by atoms with E-state index in [0.717, 1.165) is 69.6 Å². The molecule has 8 nitrogen and oxygen atoms in total. The normalized spacial score (nSPS) is 15.6. The number of piperazine rings is 1. The van der Waals surface area contributed by atoms with Crippen molar-refractivity contribution in [2.75, 3.05) is 51.2 Å². The first kappa shape index (κ1) is 20.1. The standard InChI is InChI=1S/C20H32N8/c1-3-26-12-14-27(15-13-26)19-7-6-18(16-23-19)17-24-20(21-2)22-8-4-10-28-11-5-9-25-28/h5-7,9,11,16H,3-4,8,10,12-15,17H2,1-2H3,(H2,21,22,24). The number of aryl methyl sites for hydroxylation is 1. The Bertz CT molecular complexity index is 702. The van der Waals surface area contributed by atoms with E-state index in [4.69, 9.17) is 0 Å². The summed E-state index contributed by atoms with van der Waals surface area (Å²) in [5.74, 6) is 1.88. The Morgan fingerprint density at radius 2 is 2.04 bits per heavy atom. The molecule has 1 saturated heterocycles. The number of likely N-dealkylation sites (N-methyl/N-ethyl adjacent to an activating group) is 1. The molecule has 8 heteroatoms. The molecule has 3 rings (SSSR count). The van der Waals surface area contributed by atoms with Gasteiger partial charge in [-0.2, -0.15) is 5.10 Å². The van der Waals surface area contributed by atoms with Crippen LogP contribution < -0.4 is 15.5 Å². The Hall–Kier alpha value is -2.61. The van der Waals surface area contributed by atoms with Gasteiger partial charge >= 0.3 is 0 Å². The van der Waals surface area contributed by atoms with E-state index in [1.54, 1.807) is 13.2 Å². The van der Waals surface area contributed by atoms with Crippen LogP contribution in [-0.2, 0) is 13.1 Å². The molecule has 1 aliphatic heterocycles. The van der Waals surface area contributed by atoms with E-state index in [0.29, 0.717) is 6.54 Å². The van der Waals surface area contributed by atoms with Crippen LogP contribution in [0.4, 0.5) is 5.82 Å². The summed E-state index contributed by atoms with van der Waals surface area (Å²) in [7, 11) is 1.79. The van der Waals surface area contributed by atoms with Crippen LogP contribution in [-0.4, -0.2) is 71.9 Å². The maximum Gasteiger partial charge on any atom is 0.191 e. The van der Waals surface area contributed by atoms with E-state index in [-0.39, 0.29) is 0 Å². The van der Waals surface area contributed by atoms with Crippen LogP contribution >= 0.6 is 0 Å². The number of pyridine rings is 1. The number of anilines is 1. The topological polar surface area (TPSA) is 73.6 Å². The zero-order valence-corrected chi connectivity index (χ0v) is 17.0. The van der Waals surface area contributed by atoms with Crippen LogP contribution in [0.3, 0.4) is 0 Å². The van der Waals surface area contributed by atoms with Gasteiger partial charge < -0.3 is 20.4 Å². The third-order valence-corrected chi connectivity index (χ3v) is 5.05. The third-order valence-electron chi connectivity index (χ3n) is 5.05. The molecule has 0 saturated carbocycles. The van der Waals surface area contributed by atoms with Crippen LogP contribution in [0.15, 0.2) is 41.8 Å². The first-order valence-electron chi connectivity index (χ1n) is 10.1. The van der Waals surface area contributed by atoms with Crippen molar-refractivity contribution in [2.24, 2.45) is 4.99 Å². The van der Waals surface area contributed by atoms with Gasteiger partial charge in [0.15, 0.2) is 5.96 Å². The summed E-state index contributed by atoms with van der Waals surface area (Å²) < 4.78 is 1.94. The van der Waals surface area contributed by atoms with Gasteiger partial charge in [0.05, 0.1) is 0 Å². The molecule has 2 N–H and O–H groups in total. The molecule has 1 fully saturated rings. The van der Waals surface area contributed by atoms with Crippen LogP contribution in [0.25, 0.3) is 0 Å². The lowest BCUT2D eigenvalue weighted by molar-refractivity contribution is 0.270. The Balaban J connectivity index is 1.38. The number of rotatable bonds is 8. The number of aromatic nitrogens is 3. The largest absolute Gasteiger partial charge is 0.356 e. The summed E-state index contributed by atoms with van der Waals surface area (Å²) in [5, 5.41) is 10.9. The van der Waals surface area contributed by atoms with Gasteiger partial charge in [0.25, 0.3) is 0 Å². The molecule has 1 aliphatic rings. The summed E-state index contributed by atoms with van der Waals surface area (Å²) in [6, 6.07) is 6.21. The summed E-state index contributed by atoms with van der Waals surface area (Å²) in [6.07, 6.45) is 6.73. The van der Waals surface area contributed by atoms with Crippen molar-refractivity contribution in [1.29, 1.82) is 0 Å². The zero-order valence-electron chi connectivity index (χ0n) is 17.0. The van der Waals surface area contributed by atoms with Crippen molar-refractivity contribution in [3.05, 3.63) is 42.4 Å². The van der Waals surface area contributed by atoms with Crippen molar-refractivity contribution in [2.45, 2.75) is 26.4 Å². The van der Waals surface area contributed by atoms with Crippen LogP contribution in [0.2, 0.25) is 0 Å². The maximum absolute atomic E-state index is 4.66. The SMILES string of the molecule is CCN1CCN(c2ccc(CNC(=NC)NCCCn3cccn3)cn2)CC1. The summed E-state index contributed by atoms with van der Waals surface area (Å²) >= 11 is 0. The number of nitrogens with one attached hydrogen (secondary N) is 2. The molecule has 3 heterocycles. The van der Waals surface area contributed by atoms with Crippen molar-refractivity contribution in [1.82, 2.24) is 30.3 Å². The van der Waals surface area contributed by atoms with Crippen molar-refractivity contribution in [3.8, 4) is 0 Å². The first-order chi connectivity index (χ1) is 13.8. The van der Waals surface area contributed by atoms with Crippen molar-refractivity contribution < 1.29 is 0 Å². The molecule has 0 amide bonds. The average molecular weight is 385 g/mol. The Morgan fingerprint density at radius 1 is 1.18 bits per heavy atom. The lowest BCUT2D eigenvalue weighted by Gasteiger charge is -2.34. The summed E-state index contributed by atoms with van der Waals surface area (Å²) in [5.41, 5.74) is 1.15. The van der Waals surface area contributed by atoms with E-state index < -0.39 is 0 Å². The Labute approximate surface area is 167 Å². The van der Waals surface area contributed by atoms with Gasteiger partial charge in [-0.1, -0.05) is 13.0 Å². The fourth-order valence-electron chi connectivity index (χ4n) is 3.29. The fourth-order valence-corrected chi connectivity index (χ4v) is 3.29. The van der Waals surface area contributed by atoms with E-state index in [1.807, 2.05) is 23.1 Å². The molecule has 28 heavy (non-hydrogen) atoms. The van der Waals surface area contributed by atoms with Crippen LogP contribution in [0.5, 0.6) is 0 Å². The van der Waals surface area contributed by atoms with Gasteiger partial charge in [0.2, 0.25) is 0 Å². The highest BCUT2D eigenvalue weighted by Gasteiger charge is 2.16. The number of hydrogen-bond donors (Lipinski definition) is 2. The summed E-state index contributed by atoms with van der Waals surface area (Å²) in [6.45, 7) is 10.1. The van der Waals surface area contributed by atoms with Gasteiger partial charge in [-0.15, -0.1) is 0 Å². The van der Waals surface area contributed by atoms with Gasteiger partial charge in [-0.3, -0.25) is 9.67 Å². The molecular formula is C20H32N8.